The Kier molecular flexibility index (Phi) is 3.62. The second-order valence-corrected chi connectivity index (χ2v) is 4.93. The van der Waals surface area contributed by atoms with E-state index in [9.17, 15) is 21.6 Å². The van der Waals surface area contributed by atoms with Crippen LogP contribution in [0.2, 0.25) is 0 Å². The van der Waals surface area contributed by atoms with Crippen molar-refractivity contribution < 1.29 is 25.8 Å². The third kappa shape index (κ3) is 3.32. The third-order valence-corrected chi connectivity index (χ3v) is 2.96. The first-order valence-corrected chi connectivity index (χ1v) is 5.68. The molecule has 2 atom stereocenters. The number of hydrogen-bond acceptors (Lipinski definition) is 4. The zero-order valence-electron chi connectivity index (χ0n) is 7.91. The number of piperidine rings is 1. The molecule has 0 aromatic rings. The lowest BCUT2D eigenvalue weighted by Crippen LogP contribution is -2.43. The molecule has 0 bridgehead atoms. The summed E-state index contributed by atoms with van der Waals surface area (Å²) in [5.41, 5.74) is -5.36. The molecule has 2 unspecified atom stereocenters. The van der Waals surface area contributed by atoms with E-state index in [2.05, 4.69) is 9.50 Å². The van der Waals surface area contributed by atoms with Crippen LogP contribution in [0, 0.1) is 12.3 Å². The second kappa shape index (κ2) is 4.26. The Hall–Kier alpha value is -0.340. The molecular formula is C7H11F3NO3S. The Balaban J connectivity index is 2.62. The van der Waals surface area contributed by atoms with Crippen molar-refractivity contribution in [3.05, 3.63) is 6.42 Å². The van der Waals surface area contributed by atoms with E-state index >= 15 is 0 Å². The lowest BCUT2D eigenvalue weighted by atomic mass is 10.0. The van der Waals surface area contributed by atoms with Crippen molar-refractivity contribution in [2.75, 3.05) is 13.1 Å². The Morgan fingerprint density at radius 1 is 1.40 bits per heavy atom. The minimum Gasteiger partial charge on any atom is -0.314 e. The van der Waals surface area contributed by atoms with Gasteiger partial charge in [-0.2, -0.15) is 21.6 Å². The van der Waals surface area contributed by atoms with Crippen molar-refractivity contribution in [3.8, 4) is 0 Å². The lowest BCUT2D eigenvalue weighted by molar-refractivity contribution is -0.0568. The number of hydrogen-bond donors (Lipinski definition) is 1. The minimum absolute atomic E-state index is 0.0211. The van der Waals surface area contributed by atoms with Crippen LogP contribution in [0.25, 0.3) is 0 Å². The van der Waals surface area contributed by atoms with Gasteiger partial charge >= 0.3 is 15.6 Å². The average Bonchev–Trinajstić information content (AvgIpc) is 2.00. The smallest absolute Gasteiger partial charge is 0.314 e. The van der Waals surface area contributed by atoms with Crippen LogP contribution in [0.4, 0.5) is 13.2 Å². The summed E-state index contributed by atoms with van der Waals surface area (Å²) in [4.78, 5) is 0. The number of nitrogens with one attached hydrogen (secondary N) is 1. The molecule has 0 aromatic heterocycles. The highest BCUT2D eigenvalue weighted by Gasteiger charge is 2.48. The summed E-state index contributed by atoms with van der Waals surface area (Å²) in [6.07, 6.45) is 0.389. The lowest BCUT2D eigenvalue weighted by Gasteiger charge is -2.26. The Bertz CT molecular complexity index is 314. The molecule has 15 heavy (non-hydrogen) atoms. The van der Waals surface area contributed by atoms with Crippen molar-refractivity contribution in [2.24, 2.45) is 5.92 Å². The van der Waals surface area contributed by atoms with E-state index in [0.717, 1.165) is 0 Å². The Morgan fingerprint density at radius 3 is 2.47 bits per heavy atom. The first kappa shape index (κ1) is 12.7. The normalized spacial score (nSPS) is 29.1. The maximum atomic E-state index is 11.9. The van der Waals surface area contributed by atoms with Crippen molar-refractivity contribution in [2.45, 2.75) is 18.5 Å². The summed E-state index contributed by atoms with van der Waals surface area (Å²) in [6, 6.07) is 0. The van der Waals surface area contributed by atoms with E-state index in [0.29, 0.717) is 6.54 Å². The Morgan fingerprint density at radius 2 is 2.00 bits per heavy atom. The standard InChI is InChI=1S/C7H11F3NO3S/c1-5-2-6(4-11-3-5)14-15(12,13)7(8,9)10/h2,5-6,11H,3-4H2,1H3. The summed E-state index contributed by atoms with van der Waals surface area (Å²) in [6.45, 7) is 2.42. The molecule has 0 spiro atoms. The van der Waals surface area contributed by atoms with Crippen molar-refractivity contribution in [1.29, 1.82) is 0 Å². The summed E-state index contributed by atoms with van der Waals surface area (Å²) in [5.74, 6) is -0.0211. The molecule has 8 heteroatoms. The summed E-state index contributed by atoms with van der Waals surface area (Å²) >= 11 is 0. The molecule has 4 nitrogen and oxygen atoms in total. The van der Waals surface area contributed by atoms with Gasteiger partial charge in [-0.3, -0.25) is 4.18 Å². The van der Waals surface area contributed by atoms with Gasteiger partial charge in [0.05, 0.1) is 6.10 Å². The fraction of sp³-hybridized carbons (Fsp3) is 0.857. The van der Waals surface area contributed by atoms with Gasteiger partial charge in [0.15, 0.2) is 0 Å². The fourth-order valence-electron chi connectivity index (χ4n) is 1.24. The van der Waals surface area contributed by atoms with Gasteiger partial charge < -0.3 is 5.32 Å². The van der Waals surface area contributed by atoms with E-state index in [-0.39, 0.29) is 12.5 Å². The van der Waals surface area contributed by atoms with E-state index in [4.69, 9.17) is 0 Å². The van der Waals surface area contributed by atoms with Crippen LogP contribution < -0.4 is 5.32 Å². The zero-order chi connectivity index (χ0) is 11.7. The maximum Gasteiger partial charge on any atom is 0.523 e. The third-order valence-electron chi connectivity index (χ3n) is 1.89. The van der Waals surface area contributed by atoms with Crippen molar-refractivity contribution in [1.82, 2.24) is 5.32 Å². The van der Waals surface area contributed by atoms with Crippen molar-refractivity contribution in [3.63, 3.8) is 0 Å². The molecular weight excluding hydrogens is 235 g/mol. The van der Waals surface area contributed by atoms with Gasteiger partial charge in [0, 0.05) is 6.54 Å². The van der Waals surface area contributed by atoms with Gasteiger partial charge in [-0.1, -0.05) is 6.92 Å². The van der Waals surface area contributed by atoms with Gasteiger partial charge in [-0.25, -0.2) is 0 Å². The summed E-state index contributed by atoms with van der Waals surface area (Å²) in [5, 5.41) is 2.77. The average molecular weight is 246 g/mol. The van der Waals surface area contributed by atoms with Gasteiger partial charge in [0.2, 0.25) is 0 Å². The quantitative estimate of drug-likeness (QED) is 0.574. The van der Waals surface area contributed by atoms with Crippen LogP contribution >= 0.6 is 0 Å². The predicted molar refractivity (Wildman–Crippen MR) is 46.2 cm³/mol. The first-order valence-electron chi connectivity index (χ1n) is 4.27. The van der Waals surface area contributed by atoms with Crippen LogP contribution in [0.15, 0.2) is 0 Å². The molecule has 1 rings (SSSR count). The molecule has 1 N–H and O–H groups in total. The molecule has 89 valence electrons. The topological polar surface area (TPSA) is 55.4 Å². The minimum atomic E-state index is -5.49. The highest BCUT2D eigenvalue weighted by atomic mass is 32.2. The first-order chi connectivity index (χ1) is 6.72. The molecule has 1 radical (unpaired) electrons. The second-order valence-electron chi connectivity index (χ2n) is 3.36. The fourth-order valence-corrected chi connectivity index (χ4v) is 1.81. The number of alkyl halides is 3. The van der Waals surface area contributed by atoms with Crippen LogP contribution in [0.1, 0.15) is 6.92 Å². The summed E-state index contributed by atoms with van der Waals surface area (Å²) < 4.78 is 61.1. The molecule has 1 aliphatic heterocycles. The largest absolute Gasteiger partial charge is 0.523 e. The van der Waals surface area contributed by atoms with Gasteiger partial charge in [0.1, 0.15) is 0 Å². The van der Waals surface area contributed by atoms with Gasteiger partial charge in [-0.05, 0) is 18.9 Å². The van der Waals surface area contributed by atoms with Crippen LogP contribution in [0.3, 0.4) is 0 Å². The van der Waals surface area contributed by atoms with Crippen molar-refractivity contribution >= 4 is 10.1 Å². The molecule has 0 saturated carbocycles. The molecule has 1 fully saturated rings. The van der Waals surface area contributed by atoms with E-state index < -0.39 is 21.7 Å². The molecule has 0 aliphatic carbocycles. The number of rotatable bonds is 2. The Labute approximate surface area is 85.9 Å². The van der Waals surface area contributed by atoms with Crippen LogP contribution in [-0.4, -0.2) is 33.1 Å². The van der Waals surface area contributed by atoms with Gasteiger partial charge in [0.25, 0.3) is 0 Å². The van der Waals surface area contributed by atoms with Crippen LogP contribution in [0.5, 0.6) is 0 Å². The predicted octanol–water partition coefficient (Wildman–Crippen LogP) is 0.665. The monoisotopic (exact) mass is 246 g/mol. The summed E-state index contributed by atoms with van der Waals surface area (Å²) in [7, 11) is -5.49. The molecule has 0 amide bonds. The van der Waals surface area contributed by atoms with E-state index in [1.807, 2.05) is 0 Å². The van der Waals surface area contributed by atoms with E-state index in [1.165, 1.54) is 6.42 Å². The molecule has 1 saturated heterocycles. The van der Waals surface area contributed by atoms with Gasteiger partial charge in [-0.15, -0.1) is 0 Å². The molecule has 1 heterocycles. The zero-order valence-corrected chi connectivity index (χ0v) is 8.73. The highest BCUT2D eigenvalue weighted by Crippen LogP contribution is 2.27. The van der Waals surface area contributed by atoms with E-state index in [1.54, 1.807) is 6.92 Å². The maximum absolute atomic E-state index is 11.9. The number of halogens is 3. The van der Waals surface area contributed by atoms with Crippen LogP contribution in [-0.2, 0) is 14.3 Å². The SMILES string of the molecule is CC1[CH]C(OS(=O)(=O)C(F)(F)F)CNC1. The molecule has 1 aliphatic rings. The molecule has 0 aromatic carbocycles. The highest BCUT2D eigenvalue weighted by molar-refractivity contribution is 7.87.